The molecule has 1 amide bonds. The molecule has 7 heteroatoms. The van der Waals surface area contributed by atoms with Gasteiger partial charge in [-0.1, -0.05) is 113 Å². The number of ether oxygens (including phenoxy) is 1. The second-order valence-corrected chi connectivity index (χ2v) is 12.2. The molecule has 7 nitrogen and oxygen atoms in total. The van der Waals surface area contributed by atoms with E-state index in [-0.39, 0.29) is 24.4 Å². The fraction of sp³-hybridized carbons (Fsp3) is 0.634. The molecule has 0 saturated heterocycles. The Balaban J connectivity index is 4.65. The molecule has 0 saturated carbocycles. The molecule has 0 aromatic heterocycles. The second kappa shape index (κ2) is 35.1. The van der Waals surface area contributed by atoms with Crippen molar-refractivity contribution in [2.45, 2.75) is 161 Å². The number of nitrogens with one attached hydrogen (secondary N) is 1. The molecule has 4 N–H and O–H groups in total. The van der Waals surface area contributed by atoms with Crippen LogP contribution in [-0.2, 0) is 19.1 Å². The maximum absolute atomic E-state index is 12.7. The quantitative estimate of drug-likeness (QED) is 0.0373. The molecule has 2 atom stereocenters. The van der Waals surface area contributed by atoms with E-state index in [2.05, 4.69) is 79.9 Å². The lowest BCUT2D eigenvalue weighted by Crippen LogP contribution is -2.40. The maximum atomic E-state index is 12.7. The molecule has 272 valence electrons. The van der Waals surface area contributed by atoms with E-state index >= 15 is 0 Å². The van der Waals surface area contributed by atoms with Crippen LogP contribution < -0.4 is 11.1 Å². The van der Waals surface area contributed by atoms with Crippen LogP contribution in [0.25, 0.3) is 0 Å². The molecule has 0 spiro atoms. The summed E-state index contributed by atoms with van der Waals surface area (Å²) in [5, 5.41) is 11.9. The van der Waals surface area contributed by atoms with Gasteiger partial charge < -0.3 is 20.9 Å². The monoisotopic (exact) mass is 669 g/mol. The van der Waals surface area contributed by atoms with Crippen LogP contribution in [0.15, 0.2) is 72.9 Å². The van der Waals surface area contributed by atoms with E-state index in [0.29, 0.717) is 45.1 Å². The van der Waals surface area contributed by atoms with E-state index in [1.807, 2.05) is 12.2 Å². The minimum Gasteiger partial charge on any atom is -0.480 e. The molecule has 48 heavy (non-hydrogen) atoms. The summed E-state index contributed by atoms with van der Waals surface area (Å²) in [6.07, 6.45) is 43.7. The Hall–Kier alpha value is -3.19. The van der Waals surface area contributed by atoms with Crippen LogP contribution in [0.1, 0.15) is 149 Å². The molecular formula is C41H68N2O5. The van der Waals surface area contributed by atoms with Crippen LogP contribution in [0.2, 0.25) is 0 Å². The Bertz CT molecular complexity index is 979. The summed E-state index contributed by atoms with van der Waals surface area (Å²) in [6.45, 7) is 4.73. The number of carbonyl (C=O) groups excluding carboxylic acids is 2. The van der Waals surface area contributed by atoms with Crippen LogP contribution in [0.3, 0.4) is 0 Å². The van der Waals surface area contributed by atoms with Gasteiger partial charge in [0.05, 0.1) is 0 Å². The number of esters is 1. The zero-order chi connectivity index (χ0) is 35.3. The number of allylic oxidation sites excluding steroid dienone is 11. The zero-order valence-electron chi connectivity index (χ0n) is 30.3. The smallest absolute Gasteiger partial charge is 0.326 e. The van der Waals surface area contributed by atoms with Crippen LogP contribution >= 0.6 is 0 Å². The van der Waals surface area contributed by atoms with Crippen LogP contribution in [0, 0.1) is 0 Å². The highest BCUT2D eigenvalue weighted by Gasteiger charge is 2.19. The van der Waals surface area contributed by atoms with Gasteiger partial charge in [0.25, 0.3) is 0 Å². The minimum atomic E-state index is -1.04. The summed E-state index contributed by atoms with van der Waals surface area (Å²) >= 11 is 0. The number of hydrogen-bond donors (Lipinski definition) is 3. The van der Waals surface area contributed by atoms with Crippen molar-refractivity contribution in [2.75, 3.05) is 6.54 Å². The Labute approximate surface area is 292 Å². The summed E-state index contributed by atoms with van der Waals surface area (Å²) in [6, 6.07) is -0.913. The number of aliphatic carboxylic acids is 1. The minimum absolute atomic E-state index is 0.179. The first-order valence-corrected chi connectivity index (χ1v) is 18.8. The Morgan fingerprint density at radius 3 is 1.81 bits per heavy atom. The highest BCUT2D eigenvalue weighted by Crippen LogP contribution is 2.14. The Morgan fingerprint density at radius 2 is 1.21 bits per heavy atom. The zero-order valence-corrected chi connectivity index (χ0v) is 30.3. The summed E-state index contributed by atoms with van der Waals surface area (Å²) in [7, 11) is 0. The first kappa shape index (κ1) is 44.8. The molecule has 0 bridgehead atoms. The van der Waals surface area contributed by atoms with E-state index in [1.165, 1.54) is 32.1 Å². The van der Waals surface area contributed by atoms with Gasteiger partial charge in [-0.2, -0.15) is 0 Å². The van der Waals surface area contributed by atoms with Gasteiger partial charge in [0.15, 0.2) is 0 Å². The lowest BCUT2D eigenvalue weighted by molar-refractivity contribution is -0.147. The first-order valence-electron chi connectivity index (χ1n) is 18.8. The fourth-order valence-corrected chi connectivity index (χ4v) is 4.90. The molecule has 2 unspecified atom stereocenters. The average molecular weight is 669 g/mol. The van der Waals surface area contributed by atoms with Crippen LogP contribution in [0.4, 0.5) is 0 Å². The van der Waals surface area contributed by atoms with Gasteiger partial charge in [-0.15, -0.1) is 0 Å². The second-order valence-electron chi connectivity index (χ2n) is 12.2. The molecule has 0 aliphatic rings. The number of carbonyl (C=O) groups is 3. The molecule has 0 aromatic rings. The van der Waals surface area contributed by atoms with Gasteiger partial charge >= 0.3 is 11.9 Å². The summed E-state index contributed by atoms with van der Waals surface area (Å²) in [4.78, 5) is 36.4. The van der Waals surface area contributed by atoms with Gasteiger partial charge in [0.2, 0.25) is 5.91 Å². The predicted octanol–water partition coefficient (Wildman–Crippen LogP) is 10.00. The molecule has 0 radical (unpaired) electrons. The lowest BCUT2D eigenvalue weighted by atomic mass is 10.1. The van der Waals surface area contributed by atoms with Crippen molar-refractivity contribution in [2.24, 2.45) is 5.73 Å². The number of rotatable bonds is 32. The topological polar surface area (TPSA) is 119 Å². The third kappa shape index (κ3) is 31.4. The van der Waals surface area contributed by atoms with Crippen LogP contribution in [0.5, 0.6) is 0 Å². The SMILES string of the molecule is CC/C=C\C/C=C\C/C=C\C/C=C\C/C=C\C(CCCCC(=O)NC(CCCN)C(=O)O)OC(=O)CCCCCCC/C=C\CCCC. The van der Waals surface area contributed by atoms with Crippen molar-refractivity contribution in [1.82, 2.24) is 5.32 Å². The standard InChI is InChI=1S/C41H68N2O5/c1-3-5-7-9-11-13-15-16-17-19-20-22-24-26-31-37(32-28-29-34-39(44)43-38(41(46)47)33-30-36-42)48-40(45)35-27-25-23-21-18-14-12-10-8-6-4-2/h5,7,10-13,16-17,20,22,26,31,37-38H,3-4,6,8-9,14-15,18-19,21,23-25,27-30,32-36,42H2,1-2H3,(H,43,44)(H,46,47)/b7-5-,12-10-,13-11-,17-16-,22-20-,31-26-. The van der Waals surface area contributed by atoms with Gasteiger partial charge in [0.1, 0.15) is 12.1 Å². The van der Waals surface area contributed by atoms with Crippen molar-refractivity contribution in [1.29, 1.82) is 0 Å². The molecule has 0 aromatic carbocycles. The summed E-state index contributed by atoms with van der Waals surface area (Å²) in [5.74, 6) is -1.51. The molecule has 0 heterocycles. The largest absolute Gasteiger partial charge is 0.480 e. The van der Waals surface area contributed by atoms with Crippen molar-refractivity contribution in [3.05, 3.63) is 72.9 Å². The van der Waals surface area contributed by atoms with Crippen molar-refractivity contribution < 1.29 is 24.2 Å². The number of carboxylic acids is 1. The third-order valence-corrected chi connectivity index (χ3v) is 7.74. The number of amides is 1. The van der Waals surface area contributed by atoms with E-state index in [9.17, 15) is 19.5 Å². The van der Waals surface area contributed by atoms with Gasteiger partial charge in [-0.25, -0.2) is 4.79 Å². The van der Waals surface area contributed by atoms with Gasteiger partial charge in [0, 0.05) is 12.8 Å². The maximum Gasteiger partial charge on any atom is 0.326 e. The van der Waals surface area contributed by atoms with Crippen molar-refractivity contribution in [3.8, 4) is 0 Å². The normalized spacial score (nSPS) is 13.6. The molecule has 0 aliphatic heterocycles. The van der Waals surface area contributed by atoms with E-state index in [1.54, 1.807) is 0 Å². The predicted molar refractivity (Wildman–Crippen MR) is 202 cm³/mol. The Morgan fingerprint density at radius 1 is 0.646 bits per heavy atom. The highest BCUT2D eigenvalue weighted by molar-refractivity contribution is 5.83. The fourth-order valence-electron chi connectivity index (χ4n) is 4.90. The van der Waals surface area contributed by atoms with Crippen LogP contribution in [-0.4, -0.2) is 41.6 Å². The van der Waals surface area contributed by atoms with E-state index in [0.717, 1.165) is 57.8 Å². The molecule has 0 rings (SSSR count). The number of nitrogens with two attached hydrogens (primary N) is 1. The van der Waals surface area contributed by atoms with Crippen molar-refractivity contribution in [3.63, 3.8) is 0 Å². The summed E-state index contributed by atoms with van der Waals surface area (Å²) < 4.78 is 5.83. The van der Waals surface area contributed by atoms with Crippen molar-refractivity contribution >= 4 is 17.8 Å². The number of hydrogen-bond acceptors (Lipinski definition) is 5. The lowest BCUT2D eigenvalue weighted by Gasteiger charge is -2.16. The Kier molecular flexibility index (Phi) is 32.8. The van der Waals surface area contributed by atoms with E-state index < -0.39 is 12.0 Å². The summed E-state index contributed by atoms with van der Waals surface area (Å²) in [5.41, 5.74) is 5.48. The number of carboxylic acid groups (broad SMARTS) is 1. The average Bonchev–Trinajstić information content (AvgIpc) is 3.07. The van der Waals surface area contributed by atoms with Gasteiger partial charge in [-0.3, -0.25) is 9.59 Å². The highest BCUT2D eigenvalue weighted by atomic mass is 16.5. The number of unbranched alkanes of at least 4 members (excludes halogenated alkanes) is 8. The molecule has 0 aliphatic carbocycles. The molecular weight excluding hydrogens is 600 g/mol. The third-order valence-electron chi connectivity index (χ3n) is 7.74. The molecule has 0 fully saturated rings. The van der Waals surface area contributed by atoms with E-state index in [4.69, 9.17) is 10.5 Å². The van der Waals surface area contributed by atoms with Gasteiger partial charge in [-0.05, 0) is 103 Å². The first-order chi connectivity index (χ1) is 23.4.